The van der Waals surface area contributed by atoms with Crippen molar-refractivity contribution in [3.63, 3.8) is 0 Å². The van der Waals surface area contributed by atoms with Gasteiger partial charge < -0.3 is 15.0 Å². The molecular weight excluding hydrogens is 336 g/mol. The summed E-state index contributed by atoms with van der Waals surface area (Å²) in [5.74, 6) is -0.478. The summed E-state index contributed by atoms with van der Waals surface area (Å²) >= 11 is 3.43. The van der Waals surface area contributed by atoms with Crippen molar-refractivity contribution in [2.24, 2.45) is 0 Å². The van der Waals surface area contributed by atoms with Gasteiger partial charge in [-0.1, -0.05) is 34.6 Å². The number of halogens is 1. The van der Waals surface area contributed by atoms with E-state index in [0.717, 1.165) is 16.1 Å². The van der Waals surface area contributed by atoms with Gasteiger partial charge in [-0.3, -0.25) is 9.59 Å². The highest BCUT2D eigenvalue weighted by molar-refractivity contribution is 9.10. The molecule has 5 nitrogen and oxygen atoms in total. The van der Waals surface area contributed by atoms with Gasteiger partial charge >= 0.3 is 0 Å². The lowest BCUT2D eigenvalue weighted by molar-refractivity contribution is -0.140. The molecule has 112 valence electrons. The van der Waals surface area contributed by atoms with Crippen LogP contribution in [0.15, 0.2) is 41.4 Å². The second-order valence-corrected chi connectivity index (χ2v) is 5.57. The summed E-state index contributed by atoms with van der Waals surface area (Å²) in [5.41, 5.74) is 1.01. The number of nitrogens with one attached hydrogen (secondary N) is 1. The summed E-state index contributed by atoms with van der Waals surface area (Å²) < 4.78 is 6.45. The number of amides is 2. The summed E-state index contributed by atoms with van der Waals surface area (Å²) in [5, 5.41) is 2.51. The Kier molecular flexibility index (Phi) is 5.52. The van der Waals surface area contributed by atoms with Gasteiger partial charge in [0.2, 0.25) is 11.8 Å². The van der Waals surface area contributed by atoms with Crippen molar-refractivity contribution in [1.29, 1.82) is 0 Å². The molecule has 1 aliphatic rings. The summed E-state index contributed by atoms with van der Waals surface area (Å²) in [6, 6.07) is 7.67. The number of carbonyl (C=O) groups is 2. The molecule has 0 radical (unpaired) electrons. The van der Waals surface area contributed by atoms with Gasteiger partial charge in [-0.05, 0) is 23.8 Å². The third kappa shape index (κ3) is 4.15. The molecule has 1 aromatic carbocycles. The number of ether oxygens (including phenoxy) is 1. The highest BCUT2D eigenvalue weighted by atomic mass is 79.9. The van der Waals surface area contributed by atoms with E-state index >= 15 is 0 Å². The molecule has 1 saturated heterocycles. The lowest BCUT2D eigenvalue weighted by atomic mass is 10.0. The van der Waals surface area contributed by atoms with Crippen molar-refractivity contribution in [3.8, 4) is 0 Å². The topological polar surface area (TPSA) is 58.6 Å². The Morgan fingerprint density at radius 2 is 2.33 bits per heavy atom. The SMILES string of the molecule is C=CC(=O)NCC(=O)N1CCOCC1c1cccc(Br)c1. The maximum atomic E-state index is 12.3. The maximum Gasteiger partial charge on any atom is 0.243 e. The van der Waals surface area contributed by atoms with Crippen LogP contribution in [0, 0.1) is 0 Å². The number of benzene rings is 1. The Bertz CT molecular complexity index is 547. The molecule has 0 aliphatic carbocycles. The van der Waals surface area contributed by atoms with E-state index < -0.39 is 0 Å². The van der Waals surface area contributed by atoms with Gasteiger partial charge in [0.15, 0.2) is 0 Å². The largest absolute Gasteiger partial charge is 0.377 e. The van der Waals surface area contributed by atoms with Crippen LogP contribution in [-0.4, -0.2) is 43.0 Å². The minimum Gasteiger partial charge on any atom is -0.377 e. The van der Waals surface area contributed by atoms with Crippen molar-refractivity contribution in [2.45, 2.75) is 6.04 Å². The van der Waals surface area contributed by atoms with E-state index in [4.69, 9.17) is 4.74 Å². The van der Waals surface area contributed by atoms with Crippen LogP contribution < -0.4 is 5.32 Å². The van der Waals surface area contributed by atoms with Crippen molar-refractivity contribution in [3.05, 3.63) is 47.0 Å². The zero-order valence-electron chi connectivity index (χ0n) is 11.5. The van der Waals surface area contributed by atoms with Crippen LogP contribution >= 0.6 is 15.9 Å². The lowest BCUT2D eigenvalue weighted by Gasteiger charge is -2.36. The molecule has 1 N–H and O–H groups in total. The van der Waals surface area contributed by atoms with Crippen LogP contribution in [0.4, 0.5) is 0 Å². The third-order valence-corrected chi connectivity index (χ3v) is 3.77. The highest BCUT2D eigenvalue weighted by Crippen LogP contribution is 2.26. The molecule has 6 heteroatoms. The molecule has 1 aromatic rings. The number of nitrogens with zero attached hydrogens (tertiary/aromatic N) is 1. The van der Waals surface area contributed by atoms with Gasteiger partial charge in [-0.2, -0.15) is 0 Å². The first kappa shape index (κ1) is 15.7. The van der Waals surface area contributed by atoms with E-state index in [1.807, 2.05) is 24.3 Å². The van der Waals surface area contributed by atoms with Gasteiger partial charge in [-0.25, -0.2) is 0 Å². The molecule has 1 unspecified atom stereocenters. The highest BCUT2D eigenvalue weighted by Gasteiger charge is 2.28. The molecule has 21 heavy (non-hydrogen) atoms. The second-order valence-electron chi connectivity index (χ2n) is 4.65. The molecule has 0 bridgehead atoms. The number of morpholine rings is 1. The van der Waals surface area contributed by atoms with Crippen LogP contribution in [0.3, 0.4) is 0 Å². The van der Waals surface area contributed by atoms with E-state index in [1.165, 1.54) is 0 Å². The zero-order chi connectivity index (χ0) is 15.2. The summed E-state index contributed by atoms with van der Waals surface area (Å²) in [6.07, 6.45) is 1.15. The standard InChI is InChI=1S/C15H17BrN2O3/c1-2-14(19)17-9-15(20)18-6-7-21-10-13(18)11-4-3-5-12(16)8-11/h2-5,8,13H,1,6-7,9-10H2,(H,17,19). The number of rotatable bonds is 4. The van der Waals surface area contributed by atoms with Gasteiger partial charge in [0.25, 0.3) is 0 Å². The van der Waals surface area contributed by atoms with Crippen LogP contribution in [0.1, 0.15) is 11.6 Å². The van der Waals surface area contributed by atoms with Crippen molar-refractivity contribution in [1.82, 2.24) is 10.2 Å². The summed E-state index contributed by atoms with van der Waals surface area (Å²) in [7, 11) is 0. The Balaban J connectivity index is 2.09. The molecule has 0 spiro atoms. The maximum absolute atomic E-state index is 12.3. The fraction of sp³-hybridized carbons (Fsp3) is 0.333. The fourth-order valence-electron chi connectivity index (χ4n) is 2.23. The molecule has 2 rings (SSSR count). The van der Waals surface area contributed by atoms with Gasteiger partial charge in [0.05, 0.1) is 25.8 Å². The summed E-state index contributed by atoms with van der Waals surface area (Å²) in [6.45, 7) is 4.80. The van der Waals surface area contributed by atoms with Crippen molar-refractivity contribution >= 4 is 27.7 Å². The molecule has 1 aliphatic heterocycles. The van der Waals surface area contributed by atoms with E-state index in [1.54, 1.807) is 4.90 Å². The predicted molar refractivity (Wildman–Crippen MR) is 82.6 cm³/mol. The number of hydrogen-bond donors (Lipinski definition) is 1. The zero-order valence-corrected chi connectivity index (χ0v) is 13.1. The number of hydrogen-bond acceptors (Lipinski definition) is 3. The van der Waals surface area contributed by atoms with Gasteiger partial charge in [0.1, 0.15) is 0 Å². The fourth-order valence-corrected chi connectivity index (χ4v) is 2.65. The molecule has 1 atom stereocenters. The smallest absolute Gasteiger partial charge is 0.243 e. The van der Waals surface area contributed by atoms with Crippen molar-refractivity contribution in [2.75, 3.05) is 26.3 Å². The van der Waals surface area contributed by atoms with E-state index in [9.17, 15) is 9.59 Å². The molecule has 1 heterocycles. The lowest BCUT2D eigenvalue weighted by Crippen LogP contribution is -2.47. The van der Waals surface area contributed by atoms with Crippen LogP contribution in [0.5, 0.6) is 0 Å². The summed E-state index contributed by atoms with van der Waals surface area (Å²) in [4.78, 5) is 25.2. The first-order valence-corrected chi connectivity index (χ1v) is 7.44. The third-order valence-electron chi connectivity index (χ3n) is 3.28. The average Bonchev–Trinajstić information content (AvgIpc) is 2.52. The van der Waals surface area contributed by atoms with Gasteiger partial charge in [0, 0.05) is 11.0 Å². The Labute approximate surface area is 132 Å². The van der Waals surface area contributed by atoms with Crippen LogP contribution in [-0.2, 0) is 14.3 Å². The normalized spacial score (nSPS) is 18.1. The van der Waals surface area contributed by atoms with Gasteiger partial charge in [-0.15, -0.1) is 0 Å². The first-order valence-electron chi connectivity index (χ1n) is 6.64. The van der Waals surface area contributed by atoms with E-state index in [0.29, 0.717) is 19.8 Å². The first-order chi connectivity index (χ1) is 10.1. The van der Waals surface area contributed by atoms with E-state index in [-0.39, 0.29) is 24.4 Å². The average molecular weight is 353 g/mol. The van der Waals surface area contributed by atoms with Crippen LogP contribution in [0.25, 0.3) is 0 Å². The molecule has 1 fully saturated rings. The monoisotopic (exact) mass is 352 g/mol. The molecule has 0 saturated carbocycles. The molecule has 0 aromatic heterocycles. The second kappa shape index (κ2) is 7.38. The van der Waals surface area contributed by atoms with E-state index in [2.05, 4.69) is 27.8 Å². The minimum absolute atomic E-state index is 0.0324. The Hall–Kier alpha value is -1.66. The molecular formula is C15H17BrN2O3. The Morgan fingerprint density at radius 3 is 3.05 bits per heavy atom. The van der Waals surface area contributed by atoms with Crippen molar-refractivity contribution < 1.29 is 14.3 Å². The minimum atomic E-state index is -0.351. The quantitative estimate of drug-likeness (QED) is 0.838. The Morgan fingerprint density at radius 1 is 1.52 bits per heavy atom. The van der Waals surface area contributed by atoms with Crippen LogP contribution in [0.2, 0.25) is 0 Å². The predicted octanol–water partition coefficient (Wildman–Crippen LogP) is 1.65. The molecule has 2 amide bonds. The number of carbonyl (C=O) groups excluding carboxylic acids is 2.